The molecule has 0 fully saturated rings. The van der Waals surface area contributed by atoms with E-state index in [1.54, 1.807) is 0 Å². The lowest BCUT2D eigenvalue weighted by Gasteiger charge is -2.03. The molecule has 2 aromatic rings. The standard InChI is InChI=1S/C12H14BrN/c1-4-9-6-10-5-8(2)14(3)12(10)7-11(9)13/h5-7H,4H2,1-3H3. The van der Waals surface area contributed by atoms with Crippen LogP contribution in [0.1, 0.15) is 18.2 Å². The fraction of sp³-hybridized carbons (Fsp3) is 0.333. The molecule has 0 spiro atoms. The van der Waals surface area contributed by atoms with Gasteiger partial charge in [0.05, 0.1) is 0 Å². The number of aromatic nitrogens is 1. The average molecular weight is 252 g/mol. The van der Waals surface area contributed by atoms with Crippen molar-refractivity contribution in [1.29, 1.82) is 0 Å². The number of fused-ring (bicyclic) bond motifs is 1. The number of hydrogen-bond donors (Lipinski definition) is 0. The van der Waals surface area contributed by atoms with Gasteiger partial charge in [-0.1, -0.05) is 22.9 Å². The van der Waals surface area contributed by atoms with E-state index in [1.165, 1.54) is 26.6 Å². The quantitative estimate of drug-likeness (QED) is 0.727. The fourth-order valence-electron chi connectivity index (χ4n) is 1.82. The normalized spacial score (nSPS) is 11.1. The fourth-order valence-corrected chi connectivity index (χ4v) is 2.43. The molecule has 0 unspecified atom stereocenters. The lowest BCUT2D eigenvalue weighted by molar-refractivity contribution is 0.917. The molecule has 2 heteroatoms. The monoisotopic (exact) mass is 251 g/mol. The Morgan fingerprint density at radius 2 is 2.00 bits per heavy atom. The molecule has 74 valence electrons. The van der Waals surface area contributed by atoms with E-state index in [2.05, 4.69) is 59.6 Å². The molecule has 0 N–H and O–H groups in total. The molecule has 1 aromatic heterocycles. The van der Waals surface area contributed by atoms with Gasteiger partial charge < -0.3 is 4.57 Å². The number of aryl methyl sites for hydroxylation is 3. The second-order valence-corrected chi connectivity index (χ2v) is 4.56. The summed E-state index contributed by atoms with van der Waals surface area (Å²) in [6, 6.07) is 6.72. The van der Waals surface area contributed by atoms with Crippen molar-refractivity contribution >= 4 is 26.8 Å². The summed E-state index contributed by atoms with van der Waals surface area (Å²) in [6.07, 6.45) is 1.07. The zero-order valence-corrected chi connectivity index (χ0v) is 10.4. The van der Waals surface area contributed by atoms with Crippen LogP contribution in [0, 0.1) is 6.92 Å². The van der Waals surface area contributed by atoms with Crippen molar-refractivity contribution in [3.05, 3.63) is 33.9 Å². The maximum atomic E-state index is 3.61. The maximum absolute atomic E-state index is 3.61. The first-order valence-corrected chi connectivity index (χ1v) is 5.67. The van der Waals surface area contributed by atoms with Gasteiger partial charge in [-0.05, 0) is 37.1 Å². The van der Waals surface area contributed by atoms with Crippen molar-refractivity contribution in [3.8, 4) is 0 Å². The summed E-state index contributed by atoms with van der Waals surface area (Å²) in [7, 11) is 2.11. The van der Waals surface area contributed by atoms with Crippen LogP contribution in [0.25, 0.3) is 10.9 Å². The Morgan fingerprint density at radius 3 is 2.64 bits per heavy atom. The Kier molecular flexibility index (Phi) is 2.40. The first-order chi connectivity index (χ1) is 6.63. The van der Waals surface area contributed by atoms with Crippen molar-refractivity contribution < 1.29 is 0 Å². The van der Waals surface area contributed by atoms with Crippen LogP contribution in [0.2, 0.25) is 0 Å². The minimum atomic E-state index is 1.07. The zero-order valence-electron chi connectivity index (χ0n) is 8.76. The highest BCUT2D eigenvalue weighted by Crippen LogP contribution is 2.26. The van der Waals surface area contributed by atoms with Crippen LogP contribution in [0.5, 0.6) is 0 Å². The van der Waals surface area contributed by atoms with E-state index in [4.69, 9.17) is 0 Å². The summed E-state index contributed by atoms with van der Waals surface area (Å²) in [5.41, 5.74) is 3.98. The largest absolute Gasteiger partial charge is 0.348 e. The Labute approximate surface area is 92.9 Å². The highest BCUT2D eigenvalue weighted by Gasteiger charge is 2.05. The van der Waals surface area contributed by atoms with Crippen LogP contribution in [0.4, 0.5) is 0 Å². The third-order valence-corrected chi connectivity index (χ3v) is 3.57. The van der Waals surface area contributed by atoms with Crippen LogP contribution in [0.3, 0.4) is 0 Å². The highest BCUT2D eigenvalue weighted by molar-refractivity contribution is 9.10. The van der Waals surface area contributed by atoms with Crippen LogP contribution in [-0.4, -0.2) is 4.57 Å². The summed E-state index contributed by atoms with van der Waals surface area (Å²) < 4.78 is 3.44. The lowest BCUT2D eigenvalue weighted by atomic mass is 10.1. The zero-order chi connectivity index (χ0) is 10.3. The van der Waals surface area contributed by atoms with E-state index in [0.29, 0.717) is 0 Å². The third-order valence-electron chi connectivity index (χ3n) is 2.83. The van der Waals surface area contributed by atoms with E-state index >= 15 is 0 Å². The summed E-state index contributed by atoms with van der Waals surface area (Å²) in [4.78, 5) is 0. The van der Waals surface area contributed by atoms with Crippen molar-refractivity contribution in [3.63, 3.8) is 0 Å². The smallest absolute Gasteiger partial charge is 0.0491 e. The van der Waals surface area contributed by atoms with Gasteiger partial charge >= 0.3 is 0 Å². The second-order valence-electron chi connectivity index (χ2n) is 3.70. The molecule has 0 bridgehead atoms. The van der Waals surface area contributed by atoms with Gasteiger partial charge in [-0.25, -0.2) is 0 Å². The SMILES string of the molecule is CCc1cc2cc(C)n(C)c2cc1Br. The number of halogens is 1. The van der Waals surface area contributed by atoms with Gasteiger partial charge in [0.2, 0.25) is 0 Å². The maximum Gasteiger partial charge on any atom is 0.0491 e. The summed E-state index contributed by atoms with van der Waals surface area (Å²) in [6.45, 7) is 4.32. The van der Waals surface area contributed by atoms with E-state index in [0.717, 1.165) is 6.42 Å². The predicted octanol–water partition coefficient (Wildman–Crippen LogP) is 3.81. The predicted molar refractivity (Wildman–Crippen MR) is 64.7 cm³/mol. The van der Waals surface area contributed by atoms with Crippen LogP contribution >= 0.6 is 15.9 Å². The number of rotatable bonds is 1. The van der Waals surface area contributed by atoms with Gasteiger partial charge in [-0.15, -0.1) is 0 Å². The molecule has 0 saturated carbocycles. The van der Waals surface area contributed by atoms with Gasteiger partial charge in [0.25, 0.3) is 0 Å². The van der Waals surface area contributed by atoms with Crippen LogP contribution in [0.15, 0.2) is 22.7 Å². The molecular weight excluding hydrogens is 238 g/mol. The van der Waals surface area contributed by atoms with Crippen molar-refractivity contribution in [2.24, 2.45) is 7.05 Å². The van der Waals surface area contributed by atoms with Crippen LogP contribution < -0.4 is 0 Å². The molecule has 0 aliphatic heterocycles. The van der Waals surface area contributed by atoms with Gasteiger partial charge in [0.1, 0.15) is 0 Å². The molecule has 1 aromatic carbocycles. The topological polar surface area (TPSA) is 4.93 Å². The second kappa shape index (κ2) is 3.43. The van der Waals surface area contributed by atoms with Gasteiger partial charge in [0, 0.05) is 28.1 Å². The molecule has 0 radical (unpaired) electrons. The Hall–Kier alpha value is -0.760. The molecule has 1 heterocycles. The average Bonchev–Trinajstić information content (AvgIpc) is 2.43. The van der Waals surface area contributed by atoms with E-state index in [-0.39, 0.29) is 0 Å². The third kappa shape index (κ3) is 1.38. The van der Waals surface area contributed by atoms with Crippen LogP contribution in [-0.2, 0) is 13.5 Å². The van der Waals surface area contributed by atoms with Gasteiger partial charge in [0.15, 0.2) is 0 Å². The molecule has 0 aliphatic carbocycles. The Morgan fingerprint density at radius 1 is 1.29 bits per heavy atom. The number of benzene rings is 1. The van der Waals surface area contributed by atoms with E-state index < -0.39 is 0 Å². The summed E-state index contributed by atoms with van der Waals surface area (Å²) in [5, 5.41) is 1.34. The molecule has 14 heavy (non-hydrogen) atoms. The molecular formula is C12H14BrN. The molecule has 1 nitrogen and oxygen atoms in total. The number of hydrogen-bond acceptors (Lipinski definition) is 0. The van der Waals surface area contributed by atoms with Crippen molar-refractivity contribution in [2.75, 3.05) is 0 Å². The van der Waals surface area contributed by atoms with E-state index in [1.807, 2.05) is 0 Å². The first kappa shape index (κ1) is 9.78. The van der Waals surface area contributed by atoms with Crippen molar-refractivity contribution in [1.82, 2.24) is 4.57 Å². The molecule has 2 rings (SSSR count). The minimum absolute atomic E-state index is 1.07. The minimum Gasteiger partial charge on any atom is -0.348 e. The molecule has 0 aliphatic rings. The van der Waals surface area contributed by atoms with E-state index in [9.17, 15) is 0 Å². The van der Waals surface area contributed by atoms with Crippen molar-refractivity contribution in [2.45, 2.75) is 20.3 Å². The summed E-state index contributed by atoms with van der Waals surface area (Å²) >= 11 is 3.61. The van der Waals surface area contributed by atoms with Gasteiger partial charge in [-0.2, -0.15) is 0 Å². The number of nitrogens with zero attached hydrogens (tertiary/aromatic N) is 1. The molecule has 0 saturated heterocycles. The summed E-state index contributed by atoms with van der Waals surface area (Å²) in [5.74, 6) is 0. The first-order valence-electron chi connectivity index (χ1n) is 4.88. The molecule has 0 atom stereocenters. The molecule has 0 amide bonds. The lowest BCUT2D eigenvalue weighted by Crippen LogP contribution is -1.90. The Balaban J connectivity index is 2.79. The Bertz CT molecular complexity index is 483. The highest BCUT2D eigenvalue weighted by atomic mass is 79.9. The van der Waals surface area contributed by atoms with Gasteiger partial charge in [-0.3, -0.25) is 0 Å².